The zero-order valence-electron chi connectivity index (χ0n) is 12.8. The Morgan fingerprint density at radius 2 is 2.00 bits per heavy atom. The Morgan fingerprint density at radius 3 is 2.74 bits per heavy atom. The molecular weight excluding hydrogens is 358 g/mol. The second-order valence-electron chi connectivity index (χ2n) is 5.86. The van der Waals surface area contributed by atoms with Gasteiger partial charge in [-0.3, -0.25) is 4.79 Å². The minimum atomic E-state index is -0.00254. The fourth-order valence-electron chi connectivity index (χ4n) is 3.18. The highest BCUT2D eigenvalue weighted by Crippen LogP contribution is 2.29. The van der Waals surface area contributed by atoms with Crippen molar-refractivity contribution in [2.75, 3.05) is 18.0 Å². The topological polar surface area (TPSA) is 63.4 Å². The number of fused-ring (bicyclic) bond motifs is 3. The number of halogens is 1. The maximum Gasteiger partial charge on any atom is 0.229 e. The first-order valence-electron chi connectivity index (χ1n) is 7.74. The maximum absolute atomic E-state index is 12.1. The molecule has 1 aliphatic heterocycles. The summed E-state index contributed by atoms with van der Waals surface area (Å²) in [6.07, 6.45) is 5.08. The van der Waals surface area contributed by atoms with E-state index in [1.54, 1.807) is 11.4 Å². The summed E-state index contributed by atoms with van der Waals surface area (Å²) < 4.78 is 2.62. The molecule has 4 rings (SSSR count). The monoisotopic (exact) mass is 373 g/mol. The highest BCUT2D eigenvalue weighted by Gasteiger charge is 2.21. The van der Waals surface area contributed by atoms with Crippen LogP contribution in [0.5, 0.6) is 0 Å². The van der Waals surface area contributed by atoms with Gasteiger partial charge in [-0.2, -0.15) is 9.61 Å². The number of aromatic nitrogens is 4. The molecule has 0 spiro atoms. The van der Waals surface area contributed by atoms with Crippen LogP contribution in [0.4, 0.5) is 5.95 Å². The number of hydrogen-bond donors (Lipinski definition) is 0. The number of Topliss-reactive ketones (excluding diaryl/α,β-unsaturated/α-hetero) is 1. The van der Waals surface area contributed by atoms with Gasteiger partial charge in [0.2, 0.25) is 5.95 Å². The molecule has 7 heteroatoms. The highest BCUT2D eigenvalue weighted by atomic mass is 79.9. The number of carbonyl (C=O) groups excluding carboxylic acids is 1. The molecule has 2 aromatic heterocycles. The summed E-state index contributed by atoms with van der Waals surface area (Å²) in [5, 5.41) is 5.19. The molecule has 0 atom stereocenters. The van der Waals surface area contributed by atoms with Crippen LogP contribution in [0, 0.1) is 0 Å². The lowest BCUT2D eigenvalue weighted by Gasteiger charge is -2.28. The summed E-state index contributed by atoms with van der Waals surface area (Å²) in [6.45, 7) is 3.48. The van der Waals surface area contributed by atoms with Crippen molar-refractivity contribution in [3.63, 3.8) is 0 Å². The van der Waals surface area contributed by atoms with Crippen LogP contribution in [-0.4, -0.2) is 38.5 Å². The van der Waals surface area contributed by atoms with Crippen LogP contribution in [-0.2, 0) is 0 Å². The molecule has 3 aromatic rings. The summed E-state index contributed by atoms with van der Waals surface area (Å²) >= 11 is 3.47. The number of anilines is 1. The van der Waals surface area contributed by atoms with Crippen LogP contribution in [0.15, 0.2) is 22.9 Å². The molecule has 3 heterocycles. The van der Waals surface area contributed by atoms with Gasteiger partial charge in [0.05, 0.1) is 5.52 Å². The van der Waals surface area contributed by atoms with Gasteiger partial charge in [0, 0.05) is 28.5 Å². The van der Waals surface area contributed by atoms with Gasteiger partial charge in [0.15, 0.2) is 11.4 Å². The fourth-order valence-corrected chi connectivity index (χ4v) is 3.63. The van der Waals surface area contributed by atoms with Gasteiger partial charge in [0.1, 0.15) is 6.33 Å². The van der Waals surface area contributed by atoms with Gasteiger partial charge in [-0.15, -0.1) is 0 Å². The predicted octanol–water partition coefficient (Wildman–Crippen LogP) is 3.23. The molecule has 0 radical (unpaired) electrons. The van der Waals surface area contributed by atoms with Crippen molar-refractivity contribution >= 4 is 44.2 Å². The van der Waals surface area contributed by atoms with Crippen molar-refractivity contribution in [3.8, 4) is 0 Å². The van der Waals surface area contributed by atoms with Gasteiger partial charge < -0.3 is 4.90 Å². The lowest BCUT2D eigenvalue weighted by atomic mass is 10.1. The van der Waals surface area contributed by atoms with Crippen LogP contribution in [0.3, 0.4) is 0 Å². The quantitative estimate of drug-likeness (QED) is 0.645. The van der Waals surface area contributed by atoms with E-state index in [0.717, 1.165) is 47.4 Å². The molecule has 1 fully saturated rings. The molecule has 0 unspecified atom stereocenters. The number of rotatable bonds is 2. The molecule has 23 heavy (non-hydrogen) atoms. The molecule has 1 aromatic carbocycles. The molecule has 1 saturated heterocycles. The van der Waals surface area contributed by atoms with Crippen LogP contribution in [0.2, 0.25) is 0 Å². The first kappa shape index (κ1) is 14.6. The third-order valence-electron chi connectivity index (χ3n) is 4.28. The Labute approximate surface area is 141 Å². The molecule has 0 saturated carbocycles. The number of nitrogens with zero attached hydrogens (tertiary/aromatic N) is 5. The first-order chi connectivity index (χ1) is 11.1. The normalized spacial score (nSPS) is 15.5. The van der Waals surface area contributed by atoms with E-state index in [1.807, 2.05) is 12.1 Å². The largest absolute Gasteiger partial charge is 0.341 e. The third-order valence-corrected chi connectivity index (χ3v) is 4.74. The smallest absolute Gasteiger partial charge is 0.229 e. The van der Waals surface area contributed by atoms with E-state index in [0.29, 0.717) is 11.1 Å². The van der Waals surface area contributed by atoms with Crippen molar-refractivity contribution in [1.29, 1.82) is 0 Å². The Bertz CT molecular complexity index is 914. The van der Waals surface area contributed by atoms with Crippen molar-refractivity contribution in [2.24, 2.45) is 0 Å². The third kappa shape index (κ3) is 2.39. The molecule has 0 N–H and O–H groups in total. The minimum absolute atomic E-state index is 0.00254. The van der Waals surface area contributed by atoms with Crippen LogP contribution < -0.4 is 4.90 Å². The molecule has 0 amide bonds. The number of piperidine rings is 1. The van der Waals surface area contributed by atoms with Crippen LogP contribution >= 0.6 is 15.9 Å². The Kier molecular flexibility index (Phi) is 3.52. The van der Waals surface area contributed by atoms with Gasteiger partial charge >= 0.3 is 0 Å². The predicted molar refractivity (Wildman–Crippen MR) is 92.1 cm³/mol. The molecule has 1 aliphatic rings. The first-order valence-corrected chi connectivity index (χ1v) is 8.53. The standard InChI is InChI=1S/C16H16BrN5O/c1-10(23)12-7-11(17)8-13-14(12)20-16(21-5-3-2-4-6-21)22-15(13)18-9-19-22/h7-9H,2-6H2,1H3. The van der Waals surface area contributed by atoms with Gasteiger partial charge in [-0.05, 0) is 38.3 Å². The average Bonchev–Trinajstić information content (AvgIpc) is 3.04. The van der Waals surface area contributed by atoms with E-state index < -0.39 is 0 Å². The van der Waals surface area contributed by atoms with E-state index in [4.69, 9.17) is 4.98 Å². The van der Waals surface area contributed by atoms with E-state index in [1.165, 1.54) is 12.7 Å². The Balaban J connectivity index is 2.06. The summed E-state index contributed by atoms with van der Waals surface area (Å²) in [6, 6.07) is 3.77. The van der Waals surface area contributed by atoms with Crippen molar-refractivity contribution in [3.05, 3.63) is 28.5 Å². The van der Waals surface area contributed by atoms with E-state index in [-0.39, 0.29) is 5.78 Å². The molecule has 0 bridgehead atoms. The summed E-state index contributed by atoms with van der Waals surface area (Å²) in [7, 11) is 0. The second-order valence-corrected chi connectivity index (χ2v) is 6.78. The Hall–Kier alpha value is -2.02. The minimum Gasteiger partial charge on any atom is -0.341 e. The Morgan fingerprint density at radius 1 is 1.22 bits per heavy atom. The summed E-state index contributed by atoms with van der Waals surface area (Å²) in [4.78, 5) is 23.5. The highest BCUT2D eigenvalue weighted by molar-refractivity contribution is 9.10. The SMILES string of the molecule is CC(=O)c1cc(Br)cc2c1nc(N1CCCCC1)n1ncnc21. The molecule has 118 valence electrons. The summed E-state index contributed by atoms with van der Waals surface area (Å²) in [5.41, 5.74) is 2.04. The molecule has 0 aliphatic carbocycles. The molecular formula is C16H16BrN5O. The average molecular weight is 374 g/mol. The zero-order chi connectivity index (χ0) is 16.0. The van der Waals surface area contributed by atoms with E-state index >= 15 is 0 Å². The van der Waals surface area contributed by atoms with Crippen LogP contribution in [0.25, 0.3) is 16.6 Å². The van der Waals surface area contributed by atoms with Gasteiger partial charge in [-0.25, -0.2) is 9.97 Å². The lowest BCUT2D eigenvalue weighted by molar-refractivity contribution is 0.101. The number of ketones is 1. The number of carbonyl (C=O) groups is 1. The second kappa shape index (κ2) is 5.56. The summed E-state index contributed by atoms with van der Waals surface area (Å²) in [5.74, 6) is 0.770. The maximum atomic E-state index is 12.1. The lowest BCUT2D eigenvalue weighted by Crippen LogP contribution is -2.32. The number of hydrogen-bond acceptors (Lipinski definition) is 5. The van der Waals surface area contributed by atoms with Gasteiger partial charge in [-0.1, -0.05) is 15.9 Å². The fraction of sp³-hybridized carbons (Fsp3) is 0.375. The molecule has 6 nitrogen and oxygen atoms in total. The van der Waals surface area contributed by atoms with Crippen molar-refractivity contribution in [2.45, 2.75) is 26.2 Å². The zero-order valence-corrected chi connectivity index (χ0v) is 14.4. The van der Waals surface area contributed by atoms with Gasteiger partial charge in [0.25, 0.3) is 0 Å². The van der Waals surface area contributed by atoms with E-state index in [2.05, 4.69) is 30.9 Å². The van der Waals surface area contributed by atoms with Crippen LogP contribution in [0.1, 0.15) is 36.5 Å². The van der Waals surface area contributed by atoms with Crippen molar-refractivity contribution < 1.29 is 4.79 Å². The number of benzene rings is 1. The van der Waals surface area contributed by atoms with E-state index in [9.17, 15) is 4.79 Å². The van der Waals surface area contributed by atoms with Crippen molar-refractivity contribution in [1.82, 2.24) is 19.6 Å².